The number of esters is 2. The van der Waals surface area contributed by atoms with E-state index in [0.717, 1.165) is 11.1 Å². The third kappa shape index (κ3) is 4.54. The fourth-order valence-electron chi connectivity index (χ4n) is 7.46. The zero-order chi connectivity index (χ0) is 27.1. The molecule has 1 unspecified atom stereocenters. The molecule has 0 spiro atoms. The molecule has 1 N–H and O–H groups in total. The van der Waals surface area contributed by atoms with Gasteiger partial charge in [0.1, 0.15) is 6.10 Å². The van der Waals surface area contributed by atoms with Crippen LogP contribution in [0.2, 0.25) is 0 Å². The van der Waals surface area contributed by atoms with Crippen molar-refractivity contribution < 1.29 is 33.1 Å². The van der Waals surface area contributed by atoms with Gasteiger partial charge in [-0.2, -0.15) is 0 Å². The lowest BCUT2D eigenvalue weighted by Gasteiger charge is -2.61. The van der Waals surface area contributed by atoms with E-state index in [1.54, 1.807) is 12.3 Å². The number of furan rings is 1. The van der Waals surface area contributed by atoms with Gasteiger partial charge in [0.05, 0.1) is 18.4 Å². The normalized spacial score (nSPS) is 34.4. The van der Waals surface area contributed by atoms with Crippen molar-refractivity contribution in [2.24, 2.45) is 28.6 Å². The number of ether oxygens (including phenoxy) is 2. The van der Waals surface area contributed by atoms with Crippen molar-refractivity contribution in [3.63, 3.8) is 0 Å². The Morgan fingerprint density at radius 2 is 1.87 bits per heavy atom. The number of fused-ring (bicyclic) bond motifs is 3. The maximum atomic E-state index is 14.0. The topological polar surface area (TPSA) is 112 Å². The van der Waals surface area contributed by atoms with Crippen LogP contribution in [0.25, 0.3) is 0 Å². The number of benzene rings is 1. The SMILES string of the molecule is CC(=O)O[C@H]1C[C@@H](C(=O)NCCc2ccccc2)[C@]2(C)CC[C@@H]3C(=O)O[C@H](c4ccoc4)C[C@]3(C)C2C1=O. The van der Waals surface area contributed by atoms with Gasteiger partial charge in [-0.05, 0) is 48.1 Å². The van der Waals surface area contributed by atoms with Crippen LogP contribution in [0, 0.1) is 28.6 Å². The average molecular weight is 522 g/mol. The Morgan fingerprint density at radius 3 is 2.55 bits per heavy atom. The molecule has 38 heavy (non-hydrogen) atoms. The first-order chi connectivity index (χ1) is 18.1. The Labute approximate surface area is 222 Å². The van der Waals surface area contributed by atoms with Crippen LogP contribution in [0.15, 0.2) is 53.3 Å². The van der Waals surface area contributed by atoms with E-state index >= 15 is 0 Å². The van der Waals surface area contributed by atoms with Crippen LogP contribution in [0.5, 0.6) is 0 Å². The molecule has 0 bridgehead atoms. The van der Waals surface area contributed by atoms with E-state index in [2.05, 4.69) is 5.32 Å². The van der Waals surface area contributed by atoms with Gasteiger partial charge in [0.2, 0.25) is 5.91 Å². The van der Waals surface area contributed by atoms with Crippen molar-refractivity contribution in [1.29, 1.82) is 0 Å². The lowest BCUT2D eigenvalue weighted by Crippen LogP contribution is -2.65. The summed E-state index contributed by atoms with van der Waals surface area (Å²) in [5, 5.41) is 3.08. The first-order valence-corrected chi connectivity index (χ1v) is 13.4. The standard InChI is InChI=1S/C30H35NO7/c1-18(32)37-23-15-22(27(34)31-13-10-19-7-5-4-6-8-19)29(2)12-9-21-28(35)38-24(20-11-14-36-17-20)16-30(21,3)26(29)25(23)33/h4-8,11,14,17,21-24,26H,9-10,12-13,15-16H2,1-3H3,(H,31,34)/t21-,22+,23+,24+,26?,29+,30+/m1/s1. The van der Waals surface area contributed by atoms with Crippen LogP contribution in [-0.2, 0) is 35.1 Å². The molecule has 7 atom stereocenters. The molecule has 3 fully saturated rings. The molecular weight excluding hydrogens is 486 g/mol. The van der Waals surface area contributed by atoms with E-state index in [1.807, 2.05) is 44.2 Å². The number of hydrogen-bond acceptors (Lipinski definition) is 7. The minimum atomic E-state index is -1.03. The van der Waals surface area contributed by atoms with E-state index < -0.39 is 46.8 Å². The van der Waals surface area contributed by atoms with Gasteiger partial charge in [-0.15, -0.1) is 0 Å². The number of Topliss-reactive ketones (excluding diaryl/α,β-unsaturated/α-hetero) is 1. The van der Waals surface area contributed by atoms with E-state index in [9.17, 15) is 19.2 Å². The molecule has 1 amide bonds. The number of carbonyl (C=O) groups is 4. The highest BCUT2D eigenvalue weighted by atomic mass is 16.6. The molecule has 1 saturated heterocycles. The molecular formula is C30H35NO7. The molecule has 3 aliphatic rings. The van der Waals surface area contributed by atoms with Gasteiger partial charge in [-0.25, -0.2) is 0 Å². The molecule has 1 aliphatic heterocycles. The highest BCUT2D eigenvalue weighted by molar-refractivity contribution is 5.93. The number of nitrogens with one attached hydrogen (secondary N) is 1. The minimum absolute atomic E-state index is 0.138. The molecule has 1 aromatic heterocycles. The van der Waals surface area contributed by atoms with E-state index in [1.165, 1.54) is 13.2 Å². The number of rotatable bonds is 6. The number of carbonyl (C=O) groups excluding carboxylic acids is 4. The van der Waals surface area contributed by atoms with Gasteiger partial charge in [0.25, 0.3) is 0 Å². The van der Waals surface area contributed by atoms with Crippen LogP contribution >= 0.6 is 0 Å². The van der Waals surface area contributed by atoms with Gasteiger partial charge in [-0.1, -0.05) is 44.2 Å². The number of ketones is 1. The molecule has 5 rings (SSSR count). The van der Waals surface area contributed by atoms with E-state index in [-0.39, 0.29) is 24.1 Å². The fraction of sp³-hybridized carbons (Fsp3) is 0.533. The van der Waals surface area contributed by atoms with Crippen molar-refractivity contribution in [2.45, 2.75) is 65.1 Å². The number of amides is 1. The van der Waals surface area contributed by atoms with Gasteiger partial charge in [0, 0.05) is 37.3 Å². The molecule has 2 heterocycles. The highest BCUT2D eigenvalue weighted by Crippen LogP contribution is 2.65. The second-order valence-electron chi connectivity index (χ2n) is 11.5. The summed E-state index contributed by atoms with van der Waals surface area (Å²) < 4.78 is 16.5. The quantitative estimate of drug-likeness (QED) is 0.568. The van der Waals surface area contributed by atoms with Gasteiger partial charge in [0.15, 0.2) is 11.9 Å². The third-order valence-corrected chi connectivity index (χ3v) is 9.20. The Bertz CT molecular complexity index is 1210. The third-order valence-electron chi connectivity index (χ3n) is 9.20. The molecule has 2 saturated carbocycles. The summed E-state index contributed by atoms with van der Waals surface area (Å²) in [4.78, 5) is 53.0. The predicted molar refractivity (Wildman–Crippen MR) is 136 cm³/mol. The Kier molecular flexibility index (Phi) is 6.92. The van der Waals surface area contributed by atoms with Crippen LogP contribution in [-0.4, -0.2) is 36.3 Å². The summed E-state index contributed by atoms with van der Waals surface area (Å²) in [6.07, 6.45) is 3.80. The lowest BCUT2D eigenvalue weighted by atomic mass is 9.43. The van der Waals surface area contributed by atoms with Gasteiger partial charge < -0.3 is 19.2 Å². The zero-order valence-corrected chi connectivity index (χ0v) is 22.1. The Morgan fingerprint density at radius 1 is 1.11 bits per heavy atom. The minimum Gasteiger partial charge on any atom is -0.472 e. The summed E-state index contributed by atoms with van der Waals surface area (Å²) in [6.45, 7) is 5.69. The Balaban J connectivity index is 1.46. The predicted octanol–water partition coefficient (Wildman–Crippen LogP) is 4.19. The highest BCUT2D eigenvalue weighted by Gasteiger charge is 2.67. The first kappa shape index (κ1) is 26.2. The van der Waals surface area contributed by atoms with Crippen LogP contribution < -0.4 is 5.32 Å². The molecule has 202 valence electrons. The van der Waals surface area contributed by atoms with E-state index in [4.69, 9.17) is 13.9 Å². The number of cyclic esters (lactones) is 1. The van der Waals surface area contributed by atoms with Crippen LogP contribution in [0.1, 0.15) is 63.7 Å². The van der Waals surface area contributed by atoms with Gasteiger partial charge >= 0.3 is 11.9 Å². The molecule has 8 nitrogen and oxygen atoms in total. The summed E-state index contributed by atoms with van der Waals surface area (Å²) >= 11 is 0. The summed E-state index contributed by atoms with van der Waals surface area (Å²) in [6, 6.07) is 11.7. The smallest absolute Gasteiger partial charge is 0.310 e. The monoisotopic (exact) mass is 521 g/mol. The second-order valence-corrected chi connectivity index (χ2v) is 11.5. The molecule has 8 heteroatoms. The summed E-state index contributed by atoms with van der Waals surface area (Å²) in [7, 11) is 0. The second kappa shape index (κ2) is 10.0. The zero-order valence-electron chi connectivity index (χ0n) is 22.1. The maximum Gasteiger partial charge on any atom is 0.310 e. The van der Waals surface area contributed by atoms with Crippen molar-refractivity contribution in [1.82, 2.24) is 5.32 Å². The van der Waals surface area contributed by atoms with Crippen LogP contribution in [0.4, 0.5) is 0 Å². The van der Waals surface area contributed by atoms with Crippen LogP contribution in [0.3, 0.4) is 0 Å². The van der Waals surface area contributed by atoms with Crippen molar-refractivity contribution in [3.8, 4) is 0 Å². The van der Waals surface area contributed by atoms with E-state index in [0.29, 0.717) is 32.2 Å². The average Bonchev–Trinajstić information content (AvgIpc) is 3.40. The summed E-state index contributed by atoms with van der Waals surface area (Å²) in [5.41, 5.74) is 0.379. The lowest BCUT2D eigenvalue weighted by molar-refractivity contribution is -0.207. The summed E-state index contributed by atoms with van der Waals surface area (Å²) in [5.74, 6) is -2.93. The Hall–Kier alpha value is -3.42. The first-order valence-electron chi connectivity index (χ1n) is 13.4. The van der Waals surface area contributed by atoms with Crippen molar-refractivity contribution in [2.75, 3.05) is 6.54 Å². The van der Waals surface area contributed by atoms with Crippen molar-refractivity contribution >= 4 is 23.6 Å². The van der Waals surface area contributed by atoms with Crippen molar-refractivity contribution in [3.05, 3.63) is 60.1 Å². The maximum absolute atomic E-state index is 14.0. The molecule has 1 aromatic carbocycles. The van der Waals surface area contributed by atoms with Gasteiger partial charge in [-0.3, -0.25) is 19.2 Å². The number of hydrogen-bond donors (Lipinski definition) is 1. The molecule has 0 radical (unpaired) electrons. The largest absolute Gasteiger partial charge is 0.472 e. The molecule has 2 aromatic rings. The fourth-order valence-corrected chi connectivity index (χ4v) is 7.46. The molecule has 2 aliphatic carbocycles.